The lowest BCUT2D eigenvalue weighted by atomic mass is 10.1. The lowest BCUT2D eigenvalue weighted by Crippen LogP contribution is -2.44. The van der Waals surface area contributed by atoms with E-state index in [0.29, 0.717) is 17.1 Å². The number of allylic oxidation sites excluding steroid dienone is 1. The summed E-state index contributed by atoms with van der Waals surface area (Å²) in [5, 5.41) is 5.94. The summed E-state index contributed by atoms with van der Waals surface area (Å²) in [6, 6.07) is 14.8. The van der Waals surface area contributed by atoms with Crippen molar-refractivity contribution in [1.29, 1.82) is 0 Å². The van der Waals surface area contributed by atoms with E-state index in [1.54, 1.807) is 30.3 Å². The molecule has 1 aromatic heterocycles. The summed E-state index contributed by atoms with van der Waals surface area (Å²) >= 11 is 5.61. The minimum atomic E-state index is -0.702. The van der Waals surface area contributed by atoms with E-state index in [1.165, 1.54) is 6.08 Å². The third-order valence-electron chi connectivity index (χ3n) is 6.34. The molecule has 40 heavy (non-hydrogen) atoms. The highest BCUT2D eigenvalue weighted by Crippen LogP contribution is 2.32. The number of nitrogens with one attached hydrogen (secondary N) is 2. The van der Waals surface area contributed by atoms with Crippen LogP contribution in [0.5, 0.6) is 11.6 Å². The Hall–Kier alpha value is -4.15. The first-order chi connectivity index (χ1) is 19.2. The number of carbonyl (C=O) groups excluding carboxylic acids is 2. The molecule has 2 aromatic carbocycles. The molecule has 4 rings (SSSR count). The summed E-state index contributed by atoms with van der Waals surface area (Å²) in [5.41, 5.74) is 8.58. The second-order valence-electron chi connectivity index (χ2n) is 9.77. The van der Waals surface area contributed by atoms with Crippen LogP contribution in [-0.4, -0.2) is 65.8 Å². The molecule has 1 saturated heterocycles. The smallest absolute Gasteiger partial charge is 0.271 e. The van der Waals surface area contributed by atoms with E-state index in [2.05, 4.69) is 37.4 Å². The number of anilines is 4. The van der Waals surface area contributed by atoms with Gasteiger partial charge < -0.3 is 30.9 Å². The number of carbonyl (C=O) groups is 2. The van der Waals surface area contributed by atoms with E-state index in [4.69, 9.17) is 22.1 Å². The van der Waals surface area contributed by atoms with E-state index in [0.717, 1.165) is 37.6 Å². The van der Waals surface area contributed by atoms with Crippen molar-refractivity contribution in [1.82, 2.24) is 14.9 Å². The number of rotatable bonds is 10. The molecule has 0 unspecified atom stereocenters. The number of ether oxygens (including phenoxy) is 1. The van der Waals surface area contributed by atoms with Gasteiger partial charge in [0.05, 0.1) is 0 Å². The van der Waals surface area contributed by atoms with Crippen LogP contribution in [0.2, 0.25) is 0 Å². The van der Waals surface area contributed by atoms with Crippen molar-refractivity contribution >= 4 is 46.3 Å². The number of primary amides is 1. The molecule has 0 spiro atoms. The summed E-state index contributed by atoms with van der Waals surface area (Å²) in [7, 11) is 2.13. The zero-order valence-electron chi connectivity index (χ0n) is 22.9. The molecule has 1 aliphatic heterocycles. The highest BCUT2D eigenvalue weighted by Gasteiger charge is 2.22. The Morgan fingerprint density at radius 3 is 2.45 bits per heavy atom. The molecule has 2 amide bonds. The molecule has 0 saturated carbocycles. The molecule has 0 bridgehead atoms. The number of nitrogens with two attached hydrogens (primary N) is 1. The first-order valence-corrected chi connectivity index (χ1v) is 13.6. The van der Waals surface area contributed by atoms with Gasteiger partial charge in [-0.15, -0.1) is 11.6 Å². The van der Waals surface area contributed by atoms with Crippen molar-refractivity contribution in [3.63, 3.8) is 0 Å². The van der Waals surface area contributed by atoms with Gasteiger partial charge in [0, 0.05) is 67.2 Å². The number of hydrogen-bond acceptors (Lipinski definition) is 8. The van der Waals surface area contributed by atoms with Gasteiger partial charge in [0.15, 0.2) is 11.5 Å². The third-order valence-corrected chi connectivity index (χ3v) is 6.52. The Labute approximate surface area is 239 Å². The van der Waals surface area contributed by atoms with Crippen molar-refractivity contribution in [2.24, 2.45) is 5.73 Å². The van der Waals surface area contributed by atoms with Crippen molar-refractivity contribution < 1.29 is 14.3 Å². The Balaban J connectivity index is 1.59. The number of benzene rings is 2. The maximum absolute atomic E-state index is 12.3. The number of likely N-dealkylation sites (N-methyl/N-ethyl adjacent to an activating group) is 1. The molecule has 3 aromatic rings. The van der Waals surface area contributed by atoms with Crippen LogP contribution in [0.4, 0.5) is 22.9 Å². The van der Waals surface area contributed by atoms with Crippen LogP contribution in [0.15, 0.2) is 60.7 Å². The second kappa shape index (κ2) is 13.3. The van der Waals surface area contributed by atoms with Gasteiger partial charge in [-0.05, 0) is 43.4 Å². The number of aromatic nitrogens is 2. The van der Waals surface area contributed by atoms with Crippen molar-refractivity contribution in [3.05, 3.63) is 72.1 Å². The van der Waals surface area contributed by atoms with Crippen molar-refractivity contribution in [2.45, 2.75) is 19.8 Å². The molecule has 1 aliphatic rings. The summed E-state index contributed by atoms with van der Waals surface area (Å²) in [6.07, 6.45) is 2.91. The van der Waals surface area contributed by atoms with Gasteiger partial charge in [0.25, 0.3) is 5.91 Å². The molecule has 0 atom stereocenters. The average Bonchev–Trinajstić information content (AvgIpc) is 2.93. The van der Waals surface area contributed by atoms with Gasteiger partial charge >= 0.3 is 0 Å². The third kappa shape index (κ3) is 7.49. The van der Waals surface area contributed by atoms with Crippen LogP contribution in [0.1, 0.15) is 35.9 Å². The zero-order valence-corrected chi connectivity index (χ0v) is 23.6. The Kier molecular flexibility index (Phi) is 9.57. The minimum Gasteiger partial charge on any atom is -0.437 e. The maximum atomic E-state index is 12.3. The number of piperazine rings is 1. The second-order valence-corrected chi connectivity index (χ2v) is 10.1. The van der Waals surface area contributed by atoms with E-state index >= 15 is 0 Å². The molecule has 2 heterocycles. The van der Waals surface area contributed by atoms with Gasteiger partial charge in [0.2, 0.25) is 11.8 Å². The van der Waals surface area contributed by atoms with Gasteiger partial charge in [-0.2, -0.15) is 4.98 Å². The van der Waals surface area contributed by atoms with Crippen LogP contribution in [0.25, 0.3) is 0 Å². The topological polar surface area (TPSA) is 126 Å². The van der Waals surface area contributed by atoms with Gasteiger partial charge in [-0.3, -0.25) is 9.59 Å². The summed E-state index contributed by atoms with van der Waals surface area (Å²) in [6.45, 7) is 7.81. The van der Waals surface area contributed by atoms with Crippen LogP contribution in [0, 0.1) is 0 Å². The van der Waals surface area contributed by atoms with Crippen LogP contribution >= 0.6 is 11.6 Å². The predicted octanol–water partition coefficient (Wildman–Crippen LogP) is 4.72. The molecular weight excluding hydrogens is 530 g/mol. The van der Waals surface area contributed by atoms with E-state index in [9.17, 15) is 9.59 Å². The lowest BCUT2D eigenvalue weighted by Gasteiger charge is -2.34. The number of nitrogens with zero attached hydrogens (tertiary/aromatic N) is 4. The Morgan fingerprint density at radius 1 is 1.07 bits per heavy atom. The summed E-state index contributed by atoms with van der Waals surface area (Å²) < 4.78 is 6.13. The van der Waals surface area contributed by atoms with Crippen molar-refractivity contribution in [3.8, 4) is 11.6 Å². The number of hydrogen-bond donors (Lipinski definition) is 3. The minimum absolute atomic E-state index is 0.0197. The highest BCUT2D eigenvalue weighted by atomic mass is 35.5. The standard InChI is InChI=1S/C29H34ClN7O3/c1-19(2)25-29(40-23-7-4-6-21(18-23)32-24(38)8-5-13-30)35-28(26(34-25)27(31)39)33-20-9-11-22(12-10-20)37-16-14-36(3)15-17-37/h4-12,18-19H,13-17H2,1-3H3,(H2,31,39)(H,32,38)(H,33,35)/b8-5+. The Bertz CT molecular complexity index is 1370. The van der Waals surface area contributed by atoms with Crippen molar-refractivity contribution in [2.75, 3.05) is 54.6 Å². The Morgan fingerprint density at radius 2 is 1.80 bits per heavy atom. The van der Waals surface area contributed by atoms with E-state index < -0.39 is 5.91 Å². The maximum Gasteiger partial charge on any atom is 0.271 e. The van der Waals surface area contributed by atoms with Crippen LogP contribution in [0.3, 0.4) is 0 Å². The van der Waals surface area contributed by atoms with Crippen LogP contribution < -0.4 is 26.0 Å². The lowest BCUT2D eigenvalue weighted by molar-refractivity contribution is -0.111. The highest BCUT2D eigenvalue weighted by molar-refractivity contribution is 6.19. The fourth-order valence-electron chi connectivity index (χ4n) is 4.18. The predicted molar refractivity (Wildman–Crippen MR) is 159 cm³/mol. The molecule has 210 valence electrons. The molecule has 11 heteroatoms. The molecule has 1 fully saturated rings. The number of alkyl halides is 1. The average molecular weight is 564 g/mol. The van der Waals surface area contributed by atoms with Crippen LogP contribution in [-0.2, 0) is 4.79 Å². The number of amides is 2. The molecular formula is C29H34ClN7O3. The summed E-state index contributed by atoms with van der Waals surface area (Å²) in [5.74, 6) is -0.0306. The monoisotopic (exact) mass is 563 g/mol. The van der Waals surface area contributed by atoms with E-state index in [1.807, 2.05) is 38.1 Å². The van der Waals surface area contributed by atoms with E-state index in [-0.39, 0.29) is 35.1 Å². The van der Waals surface area contributed by atoms with Gasteiger partial charge in [0.1, 0.15) is 11.4 Å². The fourth-order valence-corrected chi connectivity index (χ4v) is 4.27. The molecule has 10 nitrogen and oxygen atoms in total. The first-order valence-electron chi connectivity index (χ1n) is 13.1. The van der Waals surface area contributed by atoms with Gasteiger partial charge in [-0.1, -0.05) is 26.0 Å². The zero-order chi connectivity index (χ0) is 28.6. The molecule has 0 aliphatic carbocycles. The van der Waals surface area contributed by atoms with Gasteiger partial charge in [-0.25, -0.2) is 4.98 Å². The molecule has 4 N–H and O–H groups in total. The number of halogens is 1. The largest absolute Gasteiger partial charge is 0.437 e. The normalized spacial score (nSPS) is 14.0. The molecule has 0 radical (unpaired) electrons. The SMILES string of the molecule is CC(C)c1nc(C(N)=O)c(Nc2ccc(N3CCN(C)CC3)cc2)nc1Oc1cccc(NC(=O)/C=C/CCl)c1. The fraction of sp³-hybridized carbons (Fsp3) is 0.310. The quantitative estimate of drug-likeness (QED) is 0.239. The summed E-state index contributed by atoms with van der Waals surface area (Å²) in [4.78, 5) is 38.2. The first kappa shape index (κ1) is 28.8.